The van der Waals surface area contributed by atoms with Crippen molar-refractivity contribution < 1.29 is 14.3 Å². The van der Waals surface area contributed by atoms with Crippen molar-refractivity contribution in [3.05, 3.63) is 71.4 Å². The molecule has 0 N–H and O–H groups in total. The zero-order valence-electron chi connectivity index (χ0n) is 12.4. The van der Waals surface area contributed by atoms with Gasteiger partial charge in [0.25, 0.3) is 0 Å². The van der Waals surface area contributed by atoms with Gasteiger partial charge < -0.3 is 9.47 Å². The first-order valence-corrected chi connectivity index (χ1v) is 7.09. The van der Waals surface area contributed by atoms with Crippen LogP contribution in [0.15, 0.2) is 54.7 Å². The molecule has 22 heavy (non-hydrogen) atoms. The zero-order chi connectivity index (χ0) is 15.4. The Hall–Kier alpha value is -2.75. The molecule has 0 bridgehead atoms. The number of hydrogen-bond acceptors (Lipinski definition) is 3. The van der Waals surface area contributed by atoms with Gasteiger partial charge >= 0.3 is 6.09 Å². The normalized spacial score (nSPS) is 12.7. The Kier molecular flexibility index (Phi) is 4.10. The molecule has 4 nitrogen and oxygen atoms in total. The average molecular weight is 295 g/mol. The molecule has 0 spiro atoms. The summed E-state index contributed by atoms with van der Waals surface area (Å²) in [5.74, 6) is 0.783. The molecule has 1 amide bonds. The van der Waals surface area contributed by atoms with Crippen LogP contribution in [0.4, 0.5) is 4.79 Å². The smallest absolute Gasteiger partial charge is 0.414 e. The lowest BCUT2D eigenvalue weighted by atomic mass is 10.1. The Balaban J connectivity index is 1.59. The van der Waals surface area contributed by atoms with Gasteiger partial charge in [0, 0.05) is 6.20 Å². The van der Waals surface area contributed by atoms with Gasteiger partial charge in [0.05, 0.1) is 13.7 Å². The van der Waals surface area contributed by atoms with Crippen molar-refractivity contribution in [2.24, 2.45) is 0 Å². The maximum absolute atomic E-state index is 12.1. The molecule has 2 aromatic rings. The minimum absolute atomic E-state index is 0.245. The first-order chi connectivity index (χ1) is 10.8. The second kappa shape index (κ2) is 6.35. The summed E-state index contributed by atoms with van der Waals surface area (Å²) in [6.45, 7) is 0.781. The molecule has 0 radical (unpaired) electrons. The van der Waals surface area contributed by atoms with E-state index >= 15 is 0 Å². The van der Waals surface area contributed by atoms with Gasteiger partial charge in [0.2, 0.25) is 0 Å². The summed E-state index contributed by atoms with van der Waals surface area (Å²) in [7, 11) is 1.62. The predicted octanol–water partition coefficient (Wildman–Crippen LogP) is 3.82. The van der Waals surface area contributed by atoms with Crippen LogP contribution in [0.3, 0.4) is 0 Å². The molecule has 0 saturated heterocycles. The molecule has 0 unspecified atom stereocenters. The average Bonchev–Trinajstić information content (AvgIpc) is 2.59. The second-order valence-electron chi connectivity index (χ2n) is 5.05. The molecule has 1 heterocycles. The highest BCUT2D eigenvalue weighted by molar-refractivity contribution is 5.72. The van der Waals surface area contributed by atoms with E-state index in [9.17, 15) is 4.79 Å². The van der Waals surface area contributed by atoms with Crippen LogP contribution in [-0.2, 0) is 17.9 Å². The highest BCUT2D eigenvalue weighted by Gasteiger charge is 2.17. The molecule has 3 rings (SSSR count). The summed E-state index contributed by atoms with van der Waals surface area (Å²) in [4.78, 5) is 13.7. The van der Waals surface area contributed by atoms with E-state index in [0.29, 0.717) is 6.54 Å². The van der Waals surface area contributed by atoms with Crippen molar-refractivity contribution in [2.45, 2.75) is 13.2 Å². The molecule has 1 aliphatic rings. The second-order valence-corrected chi connectivity index (χ2v) is 5.05. The lowest BCUT2D eigenvalue weighted by molar-refractivity contribution is 0.108. The fourth-order valence-corrected chi connectivity index (χ4v) is 2.32. The minimum atomic E-state index is -0.346. The standard InChI is InChI=1S/C18H17NO3/c1-21-17-8-6-14(7-9-17)13-22-18(20)19-11-10-15-4-2-3-5-16(15)12-19/h2-11H,12-13H2,1H3. The molecule has 112 valence electrons. The number of carbonyl (C=O) groups is 1. The number of benzene rings is 2. The van der Waals surface area contributed by atoms with E-state index < -0.39 is 0 Å². The van der Waals surface area contributed by atoms with Crippen molar-refractivity contribution >= 4 is 12.2 Å². The van der Waals surface area contributed by atoms with E-state index in [1.165, 1.54) is 0 Å². The number of nitrogens with zero attached hydrogens (tertiary/aromatic N) is 1. The first-order valence-electron chi connectivity index (χ1n) is 7.09. The van der Waals surface area contributed by atoms with Gasteiger partial charge in [-0.25, -0.2) is 4.79 Å². The molecule has 0 aromatic heterocycles. The number of hydrogen-bond donors (Lipinski definition) is 0. The number of methoxy groups -OCH3 is 1. The molecular formula is C18H17NO3. The third kappa shape index (κ3) is 3.11. The highest BCUT2D eigenvalue weighted by atomic mass is 16.6. The van der Waals surface area contributed by atoms with Crippen molar-refractivity contribution in [1.82, 2.24) is 4.90 Å². The molecule has 1 aliphatic heterocycles. The lowest BCUT2D eigenvalue weighted by Crippen LogP contribution is -2.27. The van der Waals surface area contributed by atoms with Crippen molar-refractivity contribution in [3.63, 3.8) is 0 Å². The lowest BCUT2D eigenvalue weighted by Gasteiger charge is -2.22. The fraction of sp³-hybridized carbons (Fsp3) is 0.167. The molecule has 2 aromatic carbocycles. The number of carbonyl (C=O) groups excluding carboxylic acids is 1. The summed E-state index contributed by atoms with van der Waals surface area (Å²) in [6.07, 6.45) is 3.34. The topological polar surface area (TPSA) is 38.8 Å². The van der Waals surface area contributed by atoms with Gasteiger partial charge in [-0.2, -0.15) is 0 Å². The zero-order valence-corrected chi connectivity index (χ0v) is 12.4. The quantitative estimate of drug-likeness (QED) is 0.864. The van der Waals surface area contributed by atoms with E-state index in [4.69, 9.17) is 9.47 Å². The number of amides is 1. The van der Waals surface area contributed by atoms with Crippen LogP contribution in [0.1, 0.15) is 16.7 Å². The Labute approximate surface area is 129 Å². The maximum atomic E-state index is 12.1. The van der Waals surface area contributed by atoms with Gasteiger partial charge in [-0.1, -0.05) is 36.4 Å². The predicted molar refractivity (Wildman–Crippen MR) is 84.2 cm³/mol. The van der Waals surface area contributed by atoms with Crippen LogP contribution in [0.25, 0.3) is 6.08 Å². The van der Waals surface area contributed by atoms with E-state index in [0.717, 1.165) is 22.4 Å². The van der Waals surface area contributed by atoms with Crippen molar-refractivity contribution in [2.75, 3.05) is 7.11 Å². The van der Waals surface area contributed by atoms with Crippen LogP contribution in [0.5, 0.6) is 5.75 Å². The largest absolute Gasteiger partial charge is 0.497 e. The SMILES string of the molecule is COc1ccc(COC(=O)N2C=Cc3ccccc3C2)cc1. The van der Waals surface area contributed by atoms with Crippen LogP contribution in [-0.4, -0.2) is 18.1 Å². The summed E-state index contributed by atoms with van der Waals surface area (Å²) in [6, 6.07) is 15.5. The molecule has 0 aliphatic carbocycles. The Morgan fingerprint density at radius 1 is 1.14 bits per heavy atom. The summed E-state index contributed by atoms with van der Waals surface area (Å²) < 4.78 is 10.4. The van der Waals surface area contributed by atoms with Crippen molar-refractivity contribution in [3.8, 4) is 5.75 Å². The van der Waals surface area contributed by atoms with Gasteiger partial charge in [-0.3, -0.25) is 4.90 Å². The summed E-state index contributed by atoms with van der Waals surface area (Å²) in [5.41, 5.74) is 3.18. The number of fused-ring (bicyclic) bond motifs is 1. The van der Waals surface area contributed by atoms with Crippen LogP contribution in [0, 0.1) is 0 Å². The van der Waals surface area contributed by atoms with E-state index in [1.54, 1.807) is 18.2 Å². The minimum Gasteiger partial charge on any atom is -0.497 e. The summed E-state index contributed by atoms with van der Waals surface area (Å²) >= 11 is 0. The maximum Gasteiger partial charge on any atom is 0.414 e. The number of rotatable bonds is 3. The molecule has 4 heteroatoms. The Morgan fingerprint density at radius 3 is 2.68 bits per heavy atom. The van der Waals surface area contributed by atoms with Gasteiger partial charge in [-0.05, 0) is 34.9 Å². The third-order valence-corrected chi connectivity index (χ3v) is 3.59. The van der Waals surface area contributed by atoms with Crippen LogP contribution in [0.2, 0.25) is 0 Å². The van der Waals surface area contributed by atoms with Crippen molar-refractivity contribution in [1.29, 1.82) is 0 Å². The molecule has 0 fully saturated rings. The first kappa shape index (κ1) is 14.2. The van der Waals surface area contributed by atoms with Crippen LogP contribution < -0.4 is 4.74 Å². The van der Waals surface area contributed by atoms with E-state index in [1.807, 2.05) is 54.6 Å². The fourth-order valence-electron chi connectivity index (χ4n) is 2.32. The Morgan fingerprint density at radius 2 is 1.91 bits per heavy atom. The monoisotopic (exact) mass is 295 g/mol. The van der Waals surface area contributed by atoms with Gasteiger partial charge in [0.15, 0.2) is 0 Å². The highest BCUT2D eigenvalue weighted by Crippen LogP contribution is 2.20. The molecular weight excluding hydrogens is 278 g/mol. The van der Waals surface area contributed by atoms with E-state index in [2.05, 4.69) is 0 Å². The molecule has 0 saturated carbocycles. The van der Waals surface area contributed by atoms with E-state index in [-0.39, 0.29) is 12.7 Å². The number of ether oxygens (including phenoxy) is 2. The Bertz CT molecular complexity index is 692. The van der Waals surface area contributed by atoms with Crippen LogP contribution >= 0.6 is 0 Å². The van der Waals surface area contributed by atoms with Gasteiger partial charge in [0.1, 0.15) is 12.4 Å². The molecule has 0 atom stereocenters. The third-order valence-electron chi connectivity index (χ3n) is 3.59. The summed E-state index contributed by atoms with van der Waals surface area (Å²) in [5, 5.41) is 0. The van der Waals surface area contributed by atoms with Gasteiger partial charge in [-0.15, -0.1) is 0 Å².